The topological polar surface area (TPSA) is 43.4 Å². The molecule has 0 atom stereocenters. The first-order chi connectivity index (χ1) is 9.13. The Hall–Kier alpha value is -1.61. The fourth-order valence-electron chi connectivity index (χ4n) is 2.19. The Labute approximate surface area is 117 Å². The number of ether oxygens (including phenoxy) is 1. The number of hydrogen-bond acceptors (Lipinski definition) is 3. The van der Waals surface area contributed by atoms with Crippen LogP contribution in [0.5, 0.6) is 0 Å². The molecule has 0 heterocycles. The van der Waals surface area contributed by atoms with Gasteiger partial charge in [-0.25, -0.2) is 4.79 Å². The van der Waals surface area contributed by atoms with Crippen molar-refractivity contribution in [2.75, 3.05) is 6.61 Å². The van der Waals surface area contributed by atoms with Crippen molar-refractivity contribution in [1.82, 2.24) is 0 Å². The summed E-state index contributed by atoms with van der Waals surface area (Å²) in [5.74, 6) is -1.39. The number of carbonyl (C=O) groups is 2. The lowest BCUT2D eigenvalue weighted by Crippen LogP contribution is -2.19. The Bertz CT molecular complexity index is 546. The number of rotatable bonds is 3. The monoisotopic (exact) mass is 278 g/mol. The molecule has 4 heteroatoms. The molecule has 1 aliphatic carbocycles. The third kappa shape index (κ3) is 3.04. The predicted molar refractivity (Wildman–Crippen MR) is 74.0 cm³/mol. The molecular formula is C15H15ClO3. The molecule has 0 saturated carbocycles. The van der Waals surface area contributed by atoms with Crippen LogP contribution in [0.15, 0.2) is 24.3 Å². The van der Waals surface area contributed by atoms with E-state index in [-0.39, 0.29) is 6.61 Å². The maximum absolute atomic E-state index is 12.1. The summed E-state index contributed by atoms with van der Waals surface area (Å²) < 4.78 is 4.78. The van der Waals surface area contributed by atoms with E-state index in [9.17, 15) is 9.59 Å². The molecule has 1 aromatic rings. The molecule has 2 rings (SSSR count). The van der Waals surface area contributed by atoms with Crippen LogP contribution in [-0.2, 0) is 20.7 Å². The molecule has 0 fully saturated rings. The van der Waals surface area contributed by atoms with Gasteiger partial charge in [-0.3, -0.25) is 4.79 Å². The normalized spacial score (nSPS) is 14.1. The van der Waals surface area contributed by atoms with E-state index in [1.807, 2.05) is 6.07 Å². The number of aryl methyl sites for hydroxylation is 1. The van der Waals surface area contributed by atoms with Crippen LogP contribution in [0.4, 0.5) is 0 Å². The van der Waals surface area contributed by atoms with Gasteiger partial charge in [0.05, 0.1) is 6.61 Å². The lowest BCUT2D eigenvalue weighted by molar-refractivity contribution is -0.150. The second kappa shape index (κ2) is 6.02. The molecule has 1 aliphatic rings. The van der Waals surface area contributed by atoms with Gasteiger partial charge in [-0.2, -0.15) is 0 Å². The predicted octanol–water partition coefficient (Wildman–Crippen LogP) is 3.19. The first-order valence-electron chi connectivity index (χ1n) is 6.34. The van der Waals surface area contributed by atoms with Gasteiger partial charge in [0.2, 0.25) is 0 Å². The molecule has 100 valence electrons. The van der Waals surface area contributed by atoms with Crippen molar-refractivity contribution in [2.45, 2.75) is 26.2 Å². The first kappa shape index (κ1) is 13.8. The average molecular weight is 279 g/mol. The summed E-state index contributed by atoms with van der Waals surface area (Å²) in [7, 11) is 0. The summed E-state index contributed by atoms with van der Waals surface area (Å²) in [6.45, 7) is 1.87. The van der Waals surface area contributed by atoms with E-state index in [0.29, 0.717) is 10.6 Å². The van der Waals surface area contributed by atoms with Gasteiger partial charge >= 0.3 is 5.97 Å². The number of esters is 1. The summed E-state index contributed by atoms with van der Waals surface area (Å²) in [5, 5.41) is 0.559. The van der Waals surface area contributed by atoms with Crippen molar-refractivity contribution in [1.29, 1.82) is 0 Å². The Morgan fingerprint density at radius 1 is 1.37 bits per heavy atom. The van der Waals surface area contributed by atoms with Crippen LogP contribution in [0.1, 0.15) is 30.9 Å². The molecular weight excluding hydrogens is 264 g/mol. The number of fused-ring (bicyclic) bond motifs is 1. The third-order valence-corrected chi connectivity index (χ3v) is 3.30. The first-order valence-corrected chi connectivity index (χ1v) is 6.71. The molecule has 19 heavy (non-hydrogen) atoms. The van der Waals surface area contributed by atoms with Crippen LogP contribution in [-0.4, -0.2) is 18.4 Å². The SMILES string of the molecule is CCOC(=O)C(=O)C1=CCCCc2ccc(Cl)cc21. The number of allylic oxidation sites excluding steroid dienone is 1. The lowest BCUT2D eigenvalue weighted by atomic mass is 9.96. The summed E-state index contributed by atoms with van der Waals surface area (Å²) in [4.78, 5) is 23.7. The van der Waals surface area contributed by atoms with Crippen molar-refractivity contribution in [3.8, 4) is 0 Å². The Kier molecular flexibility index (Phi) is 4.38. The van der Waals surface area contributed by atoms with Crippen LogP contribution in [0.2, 0.25) is 5.02 Å². The molecule has 3 nitrogen and oxygen atoms in total. The highest BCUT2D eigenvalue weighted by Crippen LogP contribution is 2.29. The highest BCUT2D eigenvalue weighted by molar-refractivity contribution is 6.52. The number of ketones is 1. The van der Waals surface area contributed by atoms with Crippen molar-refractivity contribution in [3.63, 3.8) is 0 Å². The quantitative estimate of drug-likeness (QED) is 0.630. The molecule has 0 N–H and O–H groups in total. The van der Waals surface area contributed by atoms with E-state index in [1.165, 1.54) is 0 Å². The second-order valence-electron chi connectivity index (χ2n) is 4.36. The number of carbonyl (C=O) groups excluding carboxylic acids is 2. The summed E-state index contributed by atoms with van der Waals surface area (Å²) >= 11 is 5.99. The molecule has 1 aromatic carbocycles. The number of hydrogen-bond donors (Lipinski definition) is 0. The van der Waals surface area contributed by atoms with E-state index in [2.05, 4.69) is 0 Å². The fraction of sp³-hybridized carbons (Fsp3) is 0.333. The van der Waals surface area contributed by atoms with Crippen molar-refractivity contribution in [2.24, 2.45) is 0 Å². The maximum atomic E-state index is 12.1. The number of benzene rings is 1. The smallest absolute Gasteiger partial charge is 0.379 e. The fourth-order valence-corrected chi connectivity index (χ4v) is 2.36. The molecule has 0 unspecified atom stereocenters. The summed E-state index contributed by atoms with van der Waals surface area (Å²) in [5.41, 5.74) is 2.21. The Balaban J connectivity index is 2.41. The van der Waals surface area contributed by atoms with E-state index in [1.54, 1.807) is 25.1 Å². The zero-order chi connectivity index (χ0) is 13.8. The Morgan fingerprint density at radius 2 is 2.16 bits per heavy atom. The van der Waals surface area contributed by atoms with Gasteiger partial charge in [-0.05, 0) is 49.4 Å². The summed E-state index contributed by atoms with van der Waals surface area (Å²) in [6.07, 6.45) is 4.41. The van der Waals surface area contributed by atoms with Crippen LogP contribution in [0.3, 0.4) is 0 Å². The molecule has 0 radical (unpaired) electrons. The van der Waals surface area contributed by atoms with E-state index >= 15 is 0 Å². The lowest BCUT2D eigenvalue weighted by Gasteiger charge is -2.10. The van der Waals surface area contributed by atoms with Crippen molar-refractivity contribution in [3.05, 3.63) is 40.4 Å². The highest BCUT2D eigenvalue weighted by atomic mass is 35.5. The highest BCUT2D eigenvalue weighted by Gasteiger charge is 2.24. The van der Waals surface area contributed by atoms with Gasteiger partial charge in [0.1, 0.15) is 0 Å². The summed E-state index contributed by atoms with van der Waals surface area (Å²) in [6, 6.07) is 5.46. The van der Waals surface area contributed by atoms with Gasteiger partial charge in [0, 0.05) is 10.6 Å². The standard InChI is InChI=1S/C15H15ClO3/c1-2-19-15(18)14(17)12-6-4-3-5-10-7-8-11(16)9-13(10)12/h6-9H,2-5H2,1H3. The van der Waals surface area contributed by atoms with Crippen LogP contribution in [0.25, 0.3) is 5.57 Å². The third-order valence-electron chi connectivity index (χ3n) is 3.07. The zero-order valence-electron chi connectivity index (χ0n) is 10.7. The maximum Gasteiger partial charge on any atom is 0.379 e. The molecule has 0 saturated heterocycles. The van der Waals surface area contributed by atoms with Crippen LogP contribution < -0.4 is 0 Å². The van der Waals surface area contributed by atoms with Crippen LogP contribution >= 0.6 is 11.6 Å². The molecule has 0 spiro atoms. The zero-order valence-corrected chi connectivity index (χ0v) is 11.5. The largest absolute Gasteiger partial charge is 0.460 e. The molecule has 0 bridgehead atoms. The average Bonchev–Trinajstić information content (AvgIpc) is 2.60. The van der Waals surface area contributed by atoms with Gasteiger partial charge in [-0.1, -0.05) is 23.7 Å². The van der Waals surface area contributed by atoms with Crippen LogP contribution in [0, 0.1) is 0 Å². The van der Waals surface area contributed by atoms with E-state index in [4.69, 9.17) is 16.3 Å². The van der Waals surface area contributed by atoms with Gasteiger partial charge in [0.25, 0.3) is 5.78 Å². The van der Waals surface area contributed by atoms with Crippen molar-refractivity contribution >= 4 is 28.9 Å². The Morgan fingerprint density at radius 3 is 2.89 bits per heavy atom. The molecule has 0 aliphatic heterocycles. The van der Waals surface area contributed by atoms with Gasteiger partial charge in [-0.15, -0.1) is 0 Å². The van der Waals surface area contributed by atoms with E-state index in [0.717, 1.165) is 30.4 Å². The number of Topliss-reactive ketones (excluding diaryl/α,β-unsaturated/α-hetero) is 1. The number of halogens is 1. The molecule has 0 amide bonds. The van der Waals surface area contributed by atoms with E-state index < -0.39 is 11.8 Å². The minimum atomic E-state index is -0.804. The van der Waals surface area contributed by atoms with Gasteiger partial charge < -0.3 is 4.74 Å². The molecule has 0 aromatic heterocycles. The minimum Gasteiger partial charge on any atom is -0.460 e. The second-order valence-corrected chi connectivity index (χ2v) is 4.80. The van der Waals surface area contributed by atoms with Crippen molar-refractivity contribution < 1.29 is 14.3 Å². The minimum absolute atomic E-state index is 0.195. The van der Waals surface area contributed by atoms with Gasteiger partial charge in [0.15, 0.2) is 0 Å².